The molecule has 1 rings (SSSR count). The Kier molecular flexibility index (Phi) is 4.73. The van der Waals surface area contributed by atoms with Crippen LogP contribution in [0.1, 0.15) is 57.2 Å². The molecule has 0 atom stereocenters. The molecule has 0 unspecified atom stereocenters. The van der Waals surface area contributed by atoms with Crippen molar-refractivity contribution >= 4 is 5.97 Å². The third kappa shape index (κ3) is 3.32. The molecule has 0 aliphatic carbocycles. The summed E-state index contributed by atoms with van der Waals surface area (Å²) in [5.74, 6) is 1.18. The lowest BCUT2D eigenvalue weighted by Gasteiger charge is -2.08. The summed E-state index contributed by atoms with van der Waals surface area (Å²) in [6.45, 7) is 8.11. The van der Waals surface area contributed by atoms with Gasteiger partial charge < -0.3 is 9.30 Å². The van der Waals surface area contributed by atoms with Crippen LogP contribution in [0, 0.1) is 0 Å². The first-order valence-electron chi connectivity index (χ1n) is 6.15. The van der Waals surface area contributed by atoms with Crippen molar-refractivity contribution < 1.29 is 9.53 Å². The Bertz CT molecular complexity index is 394. The van der Waals surface area contributed by atoms with Crippen LogP contribution in [0.3, 0.4) is 0 Å². The lowest BCUT2D eigenvalue weighted by Crippen LogP contribution is -2.07. The van der Waals surface area contributed by atoms with Crippen molar-refractivity contribution in [1.29, 1.82) is 0 Å². The summed E-state index contributed by atoms with van der Waals surface area (Å²) in [7, 11) is 1.99. The minimum atomic E-state index is -0.250. The SMILES string of the molecule is CCCc1nc(C(C)C)n(C)c1COC(C)=O. The number of aryl methyl sites for hydroxylation is 1. The normalized spacial score (nSPS) is 10.9. The molecule has 0 N–H and O–H groups in total. The summed E-state index contributed by atoms with van der Waals surface area (Å²) >= 11 is 0. The number of rotatable bonds is 5. The molecule has 0 aromatic carbocycles. The summed E-state index contributed by atoms with van der Waals surface area (Å²) in [5.41, 5.74) is 2.07. The molecule has 4 heteroatoms. The Hall–Kier alpha value is -1.32. The Morgan fingerprint density at radius 2 is 2.12 bits per heavy atom. The van der Waals surface area contributed by atoms with Gasteiger partial charge in [-0.05, 0) is 6.42 Å². The van der Waals surface area contributed by atoms with Crippen LogP contribution in [-0.4, -0.2) is 15.5 Å². The van der Waals surface area contributed by atoms with Crippen LogP contribution in [0.15, 0.2) is 0 Å². The minimum absolute atomic E-state index is 0.250. The van der Waals surface area contributed by atoms with E-state index in [9.17, 15) is 4.79 Å². The summed E-state index contributed by atoms with van der Waals surface area (Å²) in [6, 6.07) is 0. The molecule has 1 aromatic heterocycles. The largest absolute Gasteiger partial charge is 0.459 e. The van der Waals surface area contributed by atoms with E-state index in [-0.39, 0.29) is 5.97 Å². The Balaban J connectivity index is 3.01. The highest BCUT2D eigenvalue weighted by atomic mass is 16.5. The monoisotopic (exact) mass is 238 g/mol. The van der Waals surface area contributed by atoms with E-state index in [1.54, 1.807) is 0 Å². The molecule has 1 heterocycles. The molecule has 0 saturated carbocycles. The average molecular weight is 238 g/mol. The quantitative estimate of drug-likeness (QED) is 0.740. The third-order valence-electron chi connectivity index (χ3n) is 2.75. The average Bonchev–Trinajstić information content (AvgIpc) is 2.53. The molecule has 1 aromatic rings. The maximum atomic E-state index is 10.9. The molecule has 0 spiro atoms. The number of carbonyl (C=O) groups is 1. The number of carbonyl (C=O) groups excluding carboxylic acids is 1. The van der Waals surface area contributed by atoms with Gasteiger partial charge in [0.1, 0.15) is 12.4 Å². The number of ether oxygens (including phenoxy) is 1. The highest BCUT2D eigenvalue weighted by Gasteiger charge is 2.16. The number of nitrogens with zero attached hydrogens (tertiary/aromatic N) is 2. The van der Waals surface area contributed by atoms with Gasteiger partial charge in [0, 0.05) is 19.9 Å². The summed E-state index contributed by atoms with van der Waals surface area (Å²) in [4.78, 5) is 15.5. The van der Waals surface area contributed by atoms with E-state index in [0.29, 0.717) is 12.5 Å². The van der Waals surface area contributed by atoms with Crippen molar-refractivity contribution in [1.82, 2.24) is 9.55 Å². The van der Waals surface area contributed by atoms with Gasteiger partial charge in [-0.1, -0.05) is 27.2 Å². The molecular formula is C13H22N2O2. The van der Waals surface area contributed by atoms with E-state index >= 15 is 0 Å². The highest BCUT2D eigenvalue weighted by Crippen LogP contribution is 2.19. The van der Waals surface area contributed by atoms with E-state index in [1.807, 2.05) is 7.05 Å². The first kappa shape index (κ1) is 13.7. The fourth-order valence-electron chi connectivity index (χ4n) is 1.91. The number of hydrogen-bond acceptors (Lipinski definition) is 3. The van der Waals surface area contributed by atoms with Crippen LogP contribution >= 0.6 is 0 Å². The van der Waals surface area contributed by atoms with Crippen LogP contribution in [0.25, 0.3) is 0 Å². The molecule has 4 nitrogen and oxygen atoms in total. The van der Waals surface area contributed by atoms with Crippen molar-refractivity contribution in [2.24, 2.45) is 7.05 Å². The predicted octanol–water partition coefficient (Wildman–Crippen LogP) is 2.56. The summed E-state index contributed by atoms with van der Waals surface area (Å²) < 4.78 is 7.14. The first-order valence-corrected chi connectivity index (χ1v) is 6.15. The summed E-state index contributed by atoms with van der Waals surface area (Å²) in [5, 5.41) is 0. The second-order valence-electron chi connectivity index (χ2n) is 4.61. The van der Waals surface area contributed by atoms with E-state index < -0.39 is 0 Å². The number of imidazole rings is 1. The second kappa shape index (κ2) is 5.84. The van der Waals surface area contributed by atoms with E-state index in [2.05, 4.69) is 30.3 Å². The fourth-order valence-corrected chi connectivity index (χ4v) is 1.91. The van der Waals surface area contributed by atoms with Crippen molar-refractivity contribution in [3.63, 3.8) is 0 Å². The van der Waals surface area contributed by atoms with Gasteiger partial charge >= 0.3 is 5.97 Å². The molecule has 0 aliphatic heterocycles. The second-order valence-corrected chi connectivity index (χ2v) is 4.61. The van der Waals surface area contributed by atoms with Crippen molar-refractivity contribution in [3.05, 3.63) is 17.2 Å². The zero-order valence-corrected chi connectivity index (χ0v) is 11.4. The minimum Gasteiger partial charge on any atom is -0.459 e. The predicted molar refractivity (Wildman–Crippen MR) is 66.8 cm³/mol. The molecular weight excluding hydrogens is 216 g/mol. The van der Waals surface area contributed by atoms with E-state index in [0.717, 1.165) is 30.1 Å². The Morgan fingerprint density at radius 1 is 1.47 bits per heavy atom. The lowest BCUT2D eigenvalue weighted by atomic mass is 10.2. The molecule has 0 fully saturated rings. The standard InChI is InChI=1S/C13H22N2O2/c1-6-7-11-12(8-17-10(4)16)15(5)13(14-11)9(2)3/h9H,6-8H2,1-5H3. The number of hydrogen-bond donors (Lipinski definition) is 0. The topological polar surface area (TPSA) is 44.1 Å². The van der Waals surface area contributed by atoms with Gasteiger partial charge in [0.05, 0.1) is 11.4 Å². The zero-order valence-electron chi connectivity index (χ0n) is 11.4. The summed E-state index contributed by atoms with van der Waals surface area (Å²) in [6.07, 6.45) is 1.97. The fraction of sp³-hybridized carbons (Fsp3) is 0.692. The van der Waals surface area contributed by atoms with Gasteiger partial charge in [-0.3, -0.25) is 4.79 Å². The maximum absolute atomic E-state index is 10.9. The van der Waals surface area contributed by atoms with Gasteiger partial charge in [-0.2, -0.15) is 0 Å². The van der Waals surface area contributed by atoms with Gasteiger partial charge in [-0.25, -0.2) is 4.98 Å². The smallest absolute Gasteiger partial charge is 0.303 e. The van der Waals surface area contributed by atoms with E-state index in [4.69, 9.17) is 4.74 Å². The third-order valence-corrected chi connectivity index (χ3v) is 2.75. The van der Waals surface area contributed by atoms with Crippen LogP contribution < -0.4 is 0 Å². The molecule has 0 bridgehead atoms. The molecule has 0 aliphatic rings. The molecule has 0 amide bonds. The zero-order chi connectivity index (χ0) is 13.0. The van der Waals surface area contributed by atoms with Gasteiger partial charge in [0.25, 0.3) is 0 Å². The Morgan fingerprint density at radius 3 is 2.59 bits per heavy atom. The highest BCUT2D eigenvalue weighted by molar-refractivity contribution is 5.65. The number of aromatic nitrogens is 2. The van der Waals surface area contributed by atoms with Gasteiger partial charge in [-0.15, -0.1) is 0 Å². The van der Waals surface area contributed by atoms with Crippen molar-refractivity contribution in [2.45, 2.75) is 53.1 Å². The first-order chi connectivity index (χ1) is 7.97. The van der Waals surface area contributed by atoms with E-state index in [1.165, 1.54) is 6.92 Å². The van der Waals surface area contributed by atoms with Crippen LogP contribution in [0.4, 0.5) is 0 Å². The molecule has 96 valence electrons. The van der Waals surface area contributed by atoms with Crippen molar-refractivity contribution in [3.8, 4) is 0 Å². The lowest BCUT2D eigenvalue weighted by molar-refractivity contribution is -0.142. The van der Waals surface area contributed by atoms with Crippen LogP contribution in [0.2, 0.25) is 0 Å². The molecule has 17 heavy (non-hydrogen) atoms. The van der Waals surface area contributed by atoms with Crippen molar-refractivity contribution in [2.75, 3.05) is 0 Å². The van der Waals surface area contributed by atoms with Crippen LogP contribution in [0.5, 0.6) is 0 Å². The van der Waals surface area contributed by atoms with Crippen LogP contribution in [-0.2, 0) is 29.6 Å². The molecule has 0 radical (unpaired) electrons. The van der Waals surface area contributed by atoms with Gasteiger partial charge in [0.2, 0.25) is 0 Å². The van der Waals surface area contributed by atoms with Gasteiger partial charge in [0.15, 0.2) is 0 Å². The maximum Gasteiger partial charge on any atom is 0.303 e. The Labute approximate surface area is 103 Å². The molecule has 0 saturated heterocycles. The number of esters is 1.